The van der Waals surface area contributed by atoms with E-state index in [2.05, 4.69) is 28.2 Å². The molecule has 2 nitrogen and oxygen atoms in total. The number of nitrogens with one attached hydrogen (secondary N) is 1. The number of thioether (sulfide) groups is 1. The summed E-state index contributed by atoms with van der Waals surface area (Å²) in [6, 6.07) is 0.410. The lowest BCUT2D eigenvalue weighted by molar-refractivity contribution is -0.121. The van der Waals surface area contributed by atoms with E-state index < -0.39 is 0 Å². The van der Waals surface area contributed by atoms with Crippen molar-refractivity contribution in [1.82, 2.24) is 5.32 Å². The van der Waals surface area contributed by atoms with E-state index in [0.717, 1.165) is 24.5 Å². The molecule has 88 valence electrons. The Morgan fingerprint density at radius 1 is 1.53 bits per heavy atom. The summed E-state index contributed by atoms with van der Waals surface area (Å²) in [7, 11) is 0. The van der Waals surface area contributed by atoms with Gasteiger partial charge in [-0.05, 0) is 31.4 Å². The Hall–Kier alpha value is 0.300. The fourth-order valence-electron chi connectivity index (χ4n) is 1.94. The monoisotopic (exact) mass is 293 g/mol. The van der Waals surface area contributed by atoms with Crippen LogP contribution in [0.3, 0.4) is 0 Å². The molecule has 0 aromatic heterocycles. The molecule has 3 atom stereocenters. The predicted molar refractivity (Wildman–Crippen MR) is 70.7 cm³/mol. The van der Waals surface area contributed by atoms with Crippen molar-refractivity contribution in [2.75, 3.05) is 5.75 Å². The van der Waals surface area contributed by atoms with Crippen molar-refractivity contribution in [3.05, 3.63) is 0 Å². The topological polar surface area (TPSA) is 29.1 Å². The molecule has 1 amide bonds. The molecule has 0 aromatic carbocycles. The summed E-state index contributed by atoms with van der Waals surface area (Å²) >= 11 is 5.40. The van der Waals surface area contributed by atoms with E-state index >= 15 is 0 Å². The summed E-state index contributed by atoms with van der Waals surface area (Å²) in [6.07, 6.45) is 4.40. The Bertz CT molecular complexity index is 213. The highest BCUT2D eigenvalue weighted by molar-refractivity contribution is 9.10. The van der Waals surface area contributed by atoms with Crippen LogP contribution in [0.15, 0.2) is 0 Å². The van der Waals surface area contributed by atoms with Crippen LogP contribution in [0.4, 0.5) is 0 Å². The van der Waals surface area contributed by atoms with Crippen LogP contribution in [0.25, 0.3) is 0 Å². The van der Waals surface area contributed by atoms with Crippen LogP contribution in [0.2, 0.25) is 0 Å². The van der Waals surface area contributed by atoms with E-state index in [1.807, 2.05) is 18.7 Å². The van der Waals surface area contributed by atoms with Crippen molar-refractivity contribution in [3.8, 4) is 0 Å². The van der Waals surface area contributed by atoms with Crippen LogP contribution < -0.4 is 5.32 Å². The number of carbonyl (C=O) groups excluding carboxylic acids is 1. The number of hydrogen-bond donors (Lipinski definition) is 1. The molecule has 0 aliphatic heterocycles. The van der Waals surface area contributed by atoms with Crippen LogP contribution in [0, 0.1) is 0 Å². The Labute approximate surface area is 105 Å². The molecule has 0 heterocycles. The van der Waals surface area contributed by atoms with Gasteiger partial charge in [-0.2, -0.15) is 11.8 Å². The molecule has 0 aromatic rings. The van der Waals surface area contributed by atoms with Crippen molar-refractivity contribution >= 4 is 33.6 Å². The van der Waals surface area contributed by atoms with Gasteiger partial charge in [0.25, 0.3) is 0 Å². The first-order valence-corrected chi connectivity index (χ1v) is 7.69. The third kappa shape index (κ3) is 4.35. The zero-order valence-electron chi connectivity index (χ0n) is 9.46. The van der Waals surface area contributed by atoms with Gasteiger partial charge >= 0.3 is 0 Å². The van der Waals surface area contributed by atoms with Crippen molar-refractivity contribution in [2.45, 2.75) is 55.6 Å². The predicted octanol–water partition coefficient (Wildman–Crippen LogP) is 2.95. The fraction of sp³-hybridized carbons (Fsp3) is 0.909. The Kier molecular flexibility index (Phi) is 6.05. The van der Waals surface area contributed by atoms with Gasteiger partial charge in [0.2, 0.25) is 5.91 Å². The number of rotatable bonds is 5. The maximum atomic E-state index is 11.6. The molecule has 1 N–H and O–H groups in total. The largest absolute Gasteiger partial charge is 0.352 e. The van der Waals surface area contributed by atoms with Gasteiger partial charge in [0.05, 0.1) is 4.83 Å². The summed E-state index contributed by atoms with van der Waals surface area (Å²) in [4.78, 5) is 11.6. The highest BCUT2D eigenvalue weighted by Gasteiger charge is 2.26. The first kappa shape index (κ1) is 13.4. The molecule has 1 aliphatic carbocycles. The molecule has 15 heavy (non-hydrogen) atoms. The normalized spacial score (nSPS) is 27.7. The van der Waals surface area contributed by atoms with Crippen LogP contribution in [-0.2, 0) is 4.79 Å². The number of hydrogen-bond acceptors (Lipinski definition) is 2. The molecule has 0 radical (unpaired) electrons. The summed E-state index contributed by atoms with van der Waals surface area (Å²) < 4.78 is 0. The summed E-state index contributed by atoms with van der Waals surface area (Å²) in [5.41, 5.74) is 0. The first-order chi connectivity index (χ1) is 7.17. The number of alkyl halides is 1. The molecule has 1 rings (SSSR count). The quantitative estimate of drug-likeness (QED) is 0.790. The van der Waals surface area contributed by atoms with Gasteiger partial charge in [-0.25, -0.2) is 0 Å². The van der Waals surface area contributed by atoms with E-state index in [0.29, 0.717) is 6.04 Å². The average Bonchev–Trinajstić information content (AvgIpc) is 2.65. The van der Waals surface area contributed by atoms with E-state index in [-0.39, 0.29) is 10.7 Å². The number of amides is 1. The van der Waals surface area contributed by atoms with Crippen LogP contribution >= 0.6 is 27.7 Å². The van der Waals surface area contributed by atoms with E-state index in [9.17, 15) is 4.79 Å². The highest BCUT2D eigenvalue weighted by Crippen LogP contribution is 2.29. The summed E-state index contributed by atoms with van der Waals surface area (Å²) in [5.74, 6) is 1.34. The molecule has 1 aliphatic rings. The molecule has 4 heteroatoms. The van der Waals surface area contributed by atoms with Gasteiger partial charge in [-0.15, -0.1) is 0 Å². The van der Waals surface area contributed by atoms with Gasteiger partial charge in [-0.3, -0.25) is 4.79 Å². The van der Waals surface area contributed by atoms with E-state index in [1.165, 1.54) is 12.2 Å². The summed E-state index contributed by atoms with van der Waals surface area (Å²) in [6.45, 7) is 4.21. The lowest BCUT2D eigenvalue weighted by Gasteiger charge is -2.15. The third-order valence-corrected chi connectivity index (χ3v) is 5.07. The molecular weight excluding hydrogens is 274 g/mol. The maximum absolute atomic E-state index is 11.6. The third-order valence-electron chi connectivity index (χ3n) is 2.78. The second kappa shape index (κ2) is 6.79. The minimum atomic E-state index is -0.0182. The molecule has 0 saturated heterocycles. The van der Waals surface area contributed by atoms with Crippen molar-refractivity contribution < 1.29 is 4.79 Å². The van der Waals surface area contributed by atoms with Crippen molar-refractivity contribution in [3.63, 3.8) is 0 Å². The van der Waals surface area contributed by atoms with Gasteiger partial charge < -0.3 is 5.32 Å². The summed E-state index contributed by atoms with van der Waals surface area (Å²) in [5, 5.41) is 3.88. The van der Waals surface area contributed by atoms with Gasteiger partial charge in [-0.1, -0.05) is 29.8 Å². The molecular formula is C11H20BrNOS. The van der Waals surface area contributed by atoms with Crippen molar-refractivity contribution in [1.29, 1.82) is 0 Å². The smallest absolute Gasteiger partial charge is 0.233 e. The lowest BCUT2D eigenvalue weighted by Crippen LogP contribution is -2.37. The van der Waals surface area contributed by atoms with Crippen LogP contribution in [-0.4, -0.2) is 27.8 Å². The molecule has 0 bridgehead atoms. The van der Waals surface area contributed by atoms with Crippen LogP contribution in [0.1, 0.15) is 39.5 Å². The number of carbonyl (C=O) groups is 1. The van der Waals surface area contributed by atoms with Crippen molar-refractivity contribution in [2.24, 2.45) is 0 Å². The SMILES string of the molecule is CCSC1CCC(NC(=O)C(Br)CC)C1. The number of halogens is 1. The molecule has 0 spiro atoms. The Balaban J connectivity index is 2.26. The Morgan fingerprint density at radius 3 is 2.87 bits per heavy atom. The highest BCUT2D eigenvalue weighted by atomic mass is 79.9. The minimum absolute atomic E-state index is 0.0182. The van der Waals surface area contributed by atoms with E-state index in [1.54, 1.807) is 0 Å². The zero-order chi connectivity index (χ0) is 11.3. The van der Waals surface area contributed by atoms with Gasteiger partial charge in [0.15, 0.2) is 0 Å². The second-order valence-electron chi connectivity index (χ2n) is 3.97. The molecule has 1 fully saturated rings. The van der Waals surface area contributed by atoms with Gasteiger partial charge in [0.1, 0.15) is 0 Å². The first-order valence-electron chi connectivity index (χ1n) is 5.73. The lowest BCUT2D eigenvalue weighted by atomic mass is 10.2. The average molecular weight is 294 g/mol. The molecule has 3 unspecified atom stereocenters. The zero-order valence-corrected chi connectivity index (χ0v) is 11.9. The fourth-order valence-corrected chi connectivity index (χ4v) is 3.21. The van der Waals surface area contributed by atoms with E-state index in [4.69, 9.17) is 0 Å². The Morgan fingerprint density at radius 2 is 2.27 bits per heavy atom. The minimum Gasteiger partial charge on any atom is -0.352 e. The molecule has 1 saturated carbocycles. The maximum Gasteiger partial charge on any atom is 0.233 e. The standard InChI is InChI=1S/C11H20BrNOS/c1-3-10(12)11(14)13-8-5-6-9(7-8)15-4-2/h8-10H,3-7H2,1-2H3,(H,13,14). The van der Waals surface area contributed by atoms with Crippen LogP contribution in [0.5, 0.6) is 0 Å². The second-order valence-corrected chi connectivity index (χ2v) is 6.65. The van der Waals surface area contributed by atoms with Gasteiger partial charge in [0, 0.05) is 11.3 Å².